The number of aromatic amines is 1. The predicted molar refractivity (Wildman–Crippen MR) is 127 cm³/mol. The number of piperazine rings is 1. The minimum absolute atomic E-state index is 0.0301. The van der Waals surface area contributed by atoms with E-state index >= 15 is 0 Å². The normalized spacial score (nSPS) is 15.3. The molecule has 0 saturated carbocycles. The molecule has 2 heterocycles. The van der Waals surface area contributed by atoms with Crippen LogP contribution in [0.5, 0.6) is 0 Å². The molecule has 0 atom stereocenters. The molecule has 3 rings (SSSR count). The minimum atomic E-state index is -3.73. The van der Waals surface area contributed by atoms with Gasteiger partial charge in [-0.15, -0.1) is 0 Å². The lowest BCUT2D eigenvalue weighted by Crippen LogP contribution is -2.53. The van der Waals surface area contributed by atoms with Gasteiger partial charge in [-0.3, -0.25) is 14.4 Å². The number of fused-ring (bicyclic) bond motifs is 1. The second kappa shape index (κ2) is 9.26. The molecular formula is C23H32N4O5S. The number of benzene rings is 1. The summed E-state index contributed by atoms with van der Waals surface area (Å²) in [5.74, 6) is -0.325. The summed E-state index contributed by atoms with van der Waals surface area (Å²) in [4.78, 5) is 44.2. The number of carbonyl (C=O) groups excluding carboxylic acids is 2. The second-order valence-corrected chi connectivity index (χ2v) is 11.1. The summed E-state index contributed by atoms with van der Waals surface area (Å²) in [6.45, 7) is 11.3. The van der Waals surface area contributed by atoms with Gasteiger partial charge in [-0.1, -0.05) is 34.6 Å². The Bertz CT molecular complexity index is 1220. The largest absolute Gasteiger partial charge is 0.339 e. The number of aromatic nitrogens is 1. The van der Waals surface area contributed by atoms with Crippen molar-refractivity contribution in [2.24, 2.45) is 5.41 Å². The number of hydrogen-bond donors (Lipinski definition) is 1. The molecule has 33 heavy (non-hydrogen) atoms. The van der Waals surface area contributed by atoms with Crippen molar-refractivity contribution in [1.29, 1.82) is 0 Å². The van der Waals surface area contributed by atoms with Gasteiger partial charge in [-0.25, -0.2) is 8.42 Å². The third-order valence-electron chi connectivity index (χ3n) is 5.88. The van der Waals surface area contributed by atoms with Gasteiger partial charge < -0.3 is 14.8 Å². The Balaban J connectivity index is 1.95. The molecule has 1 aliphatic heterocycles. The van der Waals surface area contributed by atoms with Crippen LogP contribution in [0.15, 0.2) is 34.0 Å². The Kier molecular flexibility index (Phi) is 6.99. The first-order chi connectivity index (χ1) is 15.4. The van der Waals surface area contributed by atoms with E-state index in [0.29, 0.717) is 50.2 Å². The lowest BCUT2D eigenvalue weighted by atomic mass is 9.94. The molecule has 0 bridgehead atoms. The second-order valence-electron chi connectivity index (χ2n) is 9.18. The number of hydrogen-bond acceptors (Lipinski definition) is 5. The number of rotatable bonds is 5. The number of carbonyl (C=O) groups is 2. The molecule has 1 aromatic heterocycles. The maximum absolute atomic E-state index is 13.4. The van der Waals surface area contributed by atoms with Crippen LogP contribution in [0.25, 0.3) is 10.9 Å². The van der Waals surface area contributed by atoms with Crippen molar-refractivity contribution < 1.29 is 18.0 Å². The van der Waals surface area contributed by atoms with E-state index in [9.17, 15) is 22.8 Å². The van der Waals surface area contributed by atoms with Gasteiger partial charge >= 0.3 is 0 Å². The summed E-state index contributed by atoms with van der Waals surface area (Å²) in [5.41, 5.74) is -0.388. The van der Waals surface area contributed by atoms with Crippen LogP contribution in [0.3, 0.4) is 0 Å². The van der Waals surface area contributed by atoms with Gasteiger partial charge in [0.1, 0.15) is 0 Å². The summed E-state index contributed by atoms with van der Waals surface area (Å²) in [6, 6.07) is 5.62. The zero-order valence-electron chi connectivity index (χ0n) is 19.8. The van der Waals surface area contributed by atoms with E-state index in [-0.39, 0.29) is 22.3 Å². The molecule has 1 N–H and O–H groups in total. The van der Waals surface area contributed by atoms with Crippen LogP contribution in [-0.4, -0.2) is 78.6 Å². The first-order valence-electron chi connectivity index (χ1n) is 11.2. The summed E-state index contributed by atoms with van der Waals surface area (Å²) >= 11 is 0. The molecular weight excluding hydrogens is 444 g/mol. The van der Waals surface area contributed by atoms with Gasteiger partial charge in [0.05, 0.1) is 10.5 Å². The van der Waals surface area contributed by atoms with Crippen LogP contribution in [0.4, 0.5) is 0 Å². The average Bonchev–Trinajstić information content (AvgIpc) is 2.77. The Labute approximate surface area is 194 Å². The molecule has 1 saturated heterocycles. The number of amides is 2. The molecule has 10 heteroatoms. The van der Waals surface area contributed by atoms with Crippen LogP contribution in [0, 0.1) is 5.41 Å². The highest BCUT2D eigenvalue weighted by molar-refractivity contribution is 7.89. The number of nitrogens with zero attached hydrogens (tertiary/aromatic N) is 3. The monoisotopic (exact) mass is 476 g/mol. The molecule has 0 aliphatic carbocycles. The zero-order chi connectivity index (χ0) is 24.6. The zero-order valence-corrected chi connectivity index (χ0v) is 20.7. The van der Waals surface area contributed by atoms with Gasteiger partial charge in [0.2, 0.25) is 21.5 Å². The smallest absolute Gasteiger partial charge is 0.254 e. The fraction of sp³-hybridized carbons (Fsp3) is 0.522. The van der Waals surface area contributed by atoms with Crippen molar-refractivity contribution >= 4 is 32.7 Å². The van der Waals surface area contributed by atoms with E-state index in [0.717, 1.165) is 0 Å². The quantitative estimate of drug-likeness (QED) is 0.709. The molecule has 0 unspecified atom stereocenters. The number of sulfonamides is 1. The standard InChI is InChI=1S/C23H32N4O5S/c1-6-27(7-2)33(31,32)16-8-9-19-17(14-16)18(15-20(28)24-19)21(29)25-10-12-26(13-11-25)22(30)23(3,4)5/h8-9,14-15H,6-7,10-13H2,1-5H3,(H,24,28). The SMILES string of the molecule is CCN(CC)S(=O)(=O)c1ccc2[nH]c(=O)cc(C(=O)N3CCN(C(=O)C(C)(C)C)CC3)c2c1. The summed E-state index contributed by atoms with van der Waals surface area (Å²) in [6.07, 6.45) is 0. The summed E-state index contributed by atoms with van der Waals surface area (Å²) in [5, 5.41) is 0.376. The van der Waals surface area contributed by atoms with Crippen LogP contribution < -0.4 is 5.56 Å². The van der Waals surface area contributed by atoms with E-state index in [1.807, 2.05) is 20.8 Å². The number of H-pyrrole nitrogens is 1. The maximum atomic E-state index is 13.4. The van der Waals surface area contributed by atoms with E-state index in [4.69, 9.17) is 0 Å². The Morgan fingerprint density at radius 3 is 2.12 bits per heavy atom. The van der Waals surface area contributed by atoms with Crippen LogP contribution in [0.1, 0.15) is 45.0 Å². The van der Waals surface area contributed by atoms with Crippen LogP contribution >= 0.6 is 0 Å². The van der Waals surface area contributed by atoms with Gasteiger partial charge in [-0.2, -0.15) is 4.31 Å². The first-order valence-corrected chi connectivity index (χ1v) is 12.6. The first kappa shape index (κ1) is 24.9. The van der Waals surface area contributed by atoms with E-state index in [1.54, 1.807) is 23.6 Å². The maximum Gasteiger partial charge on any atom is 0.254 e. The molecule has 9 nitrogen and oxygen atoms in total. The van der Waals surface area contributed by atoms with Crippen molar-refractivity contribution in [3.05, 3.63) is 40.2 Å². The third-order valence-corrected chi connectivity index (χ3v) is 7.93. The Morgan fingerprint density at radius 1 is 1.00 bits per heavy atom. The lowest BCUT2D eigenvalue weighted by molar-refractivity contribution is -0.140. The van der Waals surface area contributed by atoms with E-state index < -0.39 is 21.0 Å². The Morgan fingerprint density at radius 2 is 1.58 bits per heavy atom. The molecule has 1 aliphatic rings. The van der Waals surface area contributed by atoms with E-state index in [1.165, 1.54) is 28.6 Å². The van der Waals surface area contributed by atoms with Crippen molar-refractivity contribution in [2.45, 2.75) is 39.5 Å². The van der Waals surface area contributed by atoms with Crippen molar-refractivity contribution in [1.82, 2.24) is 19.1 Å². The number of pyridine rings is 1. The van der Waals surface area contributed by atoms with Crippen LogP contribution in [0.2, 0.25) is 0 Å². The predicted octanol–water partition coefficient (Wildman–Crippen LogP) is 1.89. The minimum Gasteiger partial charge on any atom is -0.339 e. The average molecular weight is 477 g/mol. The van der Waals surface area contributed by atoms with Gasteiger partial charge in [0.25, 0.3) is 5.91 Å². The third kappa shape index (κ3) is 4.96. The van der Waals surface area contributed by atoms with Crippen LogP contribution in [-0.2, 0) is 14.8 Å². The fourth-order valence-electron chi connectivity index (χ4n) is 4.04. The van der Waals surface area contributed by atoms with Crippen molar-refractivity contribution in [3.8, 4) is 0 Å². The molecule has 180 valence electrons. The lowest BCUT2D eigenvalue weighted by Gasteiger charge is -2.37. The van der Waals surface area contributed by atoms with Gasteiger partial charge in [0.15, 0.2) is 0 Å². The van der Waals surface area contributed by atoms with Crippen molar-refractivity contribution in [2.75, 3.05) is 39.3 Å². The highest BCUT2D eigenvalue weighted by Gasteiger charge is 2.32. The number of nitrogens with one attached hydrogen (secondary N) is 1. The highest BCUT2D eigenvalue weighted by Crippen LogP contribution is 2.25. The highest BCUT2D eigenvalue weighted by atomic mass is 32.2. The Hall–Kier alpha value is -2.72. The van der Waals surface area contributed by atoms with Gasteiger partial charge in [0, 0.05) is 61.7 Å². The van der Waals surface area contributed by atoms with E-state index in [2.05, 4.69) is 4.98 Å². The van der Waals surface area contributed by atoms with Gasteiger partial charge in [-0.05, 0) is 18.2 Å². The molecule has 0 spiro atoms. The topological polar surface area (TPSA) is 111 Å². The molecule has 1 aromatic carbocycles. The van der Waals surface area contributed by atoms with Crippen molar-refractivity contribution in [3.63, 3.8) is 0 Å². The summed E-state index contributed by atoms with van der Waals surface area (Å²) < 4.78 is 27.3. The molecule has 2 aromatic rings. The molecule has 1 fully saturated rings. The fourth-order valence-corrected chi connectivity index (χ4v) is 5.52. The summed E-state index contributed by atoms with van der Waals surface area (Å²) in [7, 11) is -3.73. The molecule has 2 amide bonds. The molecule has 0 radical (unpaired) electrons.